The molecule has 0 aliphatic carbocycles. The van der Waals surface area contributed by atoms with Crippen molar-refractivity contribution in [1.82, 2.24) is 0 Å². The Balaban J connectivity index is 2.22. The van der Waals surface area contributed by atoms with E-state index in [0.717, 1.165) is 30.9 Å². The van der Waals surface area contributed by atoms with E-state index >= 15 is 0 Å². The van der Waals surface area contributed by atoms with Gasteiger partial charge in [0.1, 0.15) is 11.3 Å². The number of ether oxygens (including phenoxy) is 1. The van der Waals surface area contributed by atoms with Crippen LogP contribution in [0.5, 0.6) is 0 Å². The van der Waals surface area contributed by atoms with Crippen LogP contribution in [-0.4, -0.2) is 25.5 Å². The Hall–Kier alpha value is -1.84. The van der Waals surface area contributed by atoms with Gasteiger partial charge in [-0.1, -0.05) is 12.1 Å². The van der Waals surface area contributed by atoms with Gasteiger partial charge in [0.25, 0.3) is 0 Å². The molecule has 0 spiro atoms. The van der Waals surface area contributed by atoms with Crippen molar-refractivity contribution in [3.05, 3.63) is 29.8 Å². The molecule has 1 aromatic rings. The summed E-state index contributed by atoms with van der Waals surface area (Å²) in [5.41, 5.74) is 1.35. The van der Waals surface area contributed by atoms with Gasteiger partial charge in [-0.3, -0.25) is 4.99 Å². The molecule has 2 rings (SSSR count). The molecule has 1 aliphatic rings. The second kappa shape index (κ2) is 4.79. The maximum Gasteiger partial charge on any atom is 0.342 e. The van der Waals surface area contributed by atoms with E-state index in [-0.39, 0.29) is 5.97 Å². The molecular weight excluding hydrogens is 204 g/mol. The van der Waals surface area contributed by atoms with Crippen LogP contribution >= 0.6 is 0 Å². The van der Waals surface area contributed by atoms with Crippen LogP contribution in [0.25, 0.3) is 0 Å². The third-order valence-corrected chi connectivity index (χ3v) is 2.56. The van der Waals surface area contributed by atoms with Crippen LogP contribution in [0.3, 0.4) is 0 Å². The van der Waals surface area contributed by atoms with Crippen molar-refractivity contribution in [1.29, 1.82) is 0 Å². The second-order valence-corrected chi connectivity index (χ2v) is 3.67. The molecule has 0 atom stereocenters. The minimum atomic E-state index is -0.318. The second-order valence-electron chi connectivity index (χ2n) is 3.67. The molecule has 0 fully saturated rings. The minimum Gasteiger partial charge on any atom is -0.465 e. The summed E-state index contributed by atoms with van der Waals surface area (Å²) in [5, 5.41) is 3.23. The predicted molar refractivity (Wildman–Crippen MR) is 61.5 cm³/mol. The molecule has 0 aromatic heterocycles. The summed E-state index contributed by atoms with van der Waals surface area (Å²) < 4.78 is 4.73. The van der Waals surface area contributed by atoms with Crippen LogP contribution in [0, 0.1) is 0 Å². The Kier molecular flexibility index (Phi) is 3.19. The Labute approximate surface area is 94.3 Å². The Bertz CT molecular complexity index is 427. The quantitative estimate of drug-likeness (QED) is 0.697. The van der Waals surface area contributed by atoms with Gasteiger partial charge in [-0.15, -0.1) is 0 Å². The molecule has 4 nitrogen and oxygen atoms in total. The number of carbonyl (C=O) groups is 1. The summed E-state index contributed by atoms with van der Waals surface area (Å²) in [7, 11) is 1.39. The molecule has 84 valence electrons. The zero-order valence-electron chi connectivity index (χ0n) is 9.25. The van der Waals surface area contributed by atoms with Gasteiger partial charge in [0.2, 0.25) is 5.84 Å². The van der Waals surface area contributed by atoms with Crippen molar-refractivity contribution in [2.75, 3.05) is 19.0 Å². The molecule has 16 heavy (non-hydrogen) atoms. The van der Waals surface area contributed by atoms with Crippen LogP contribution < -0.4 is 10.3 Å². The first-order chi connectivity index (χ1) is 7.81. The third-order valence-electron chi connectivity index (χ3n) is 2.56. The number of rotatable bonds is 2. The number of amidine groups is 1. The van der Waals surface area contributed by atoms with Crippen LogP contribution in [0.1, 0.15) is 23.2 Å². The number of esters is 1. The highest BCUT2D eigenvalue weighted by Crippen LogP contribution is 2.16. The van der Waals surface area contributed by atoms with Crippen molar-refractivity contribution in [2.24, 2.45) is 0 Å². The van der Waals surface area contributed by atoms with Gasteiger partial charge in [-0.05, 0) is 18.6 Å². The van der Waals surface area contributed by atoms with E-state index in [9.17, 15) is 4.79 Å². The smallest absolute Gasteiger partial charge is 0.342 e. The number of methoxy groups -OCH3 is 1. The summed E-state index contributed by atoms with van der Waals surface area (Å²) in [6.07, 6.45) is 2.12. The van der Waals surface area contributed by atoms with Gasteiger partial charge in [-0.25, -0.2) is 10.1 Å². The van der Waals surface area contributed by atoms with Gasteiger partial charge in [-0.2, -0.15) is 0 Å². The standard InChI is InChI=1S/C12H14N2O2/c1-16-12(15)9-5-2-3-6-10(9)14-11-7-4-8-13-11/h2-3,5-6H,4,7-8H2,1H3,(H,13,14)/p+1. The summed E-state index contributed by atoms with van der Waals surface area (Å²) >= 11 is 0. The summed E-state index contributed by atoms with van der Waals surface area (Å²) in [5.74, 6) is 0.748. The van der Waals surface area contributed by atoms with Gasteiger partial charge in [0.15, 0.2) is 0 Å². The van der Waals surface area contributed by atoms with Crippen LogP contribution in [0.15, 0.2) is 24.3 Å². The first-order valence-electron chi connectivity index (χ1n) is 5.35. The molecule has 4 heteroatoms. The summed E-state index contributed by atoms with van der Waals surface area (Å²) in [6, 6.07) is 7.34. The molecule has 1 aliphatic heterocycles. The molecule has 1 heterocycles. The highest BCUT2D eigenvalue weighted by Gasteiger charge is 2.18. The highest BCUT2D eigenvalue weighted by molar-refractivity contribution is 6.01. The van der Waals surface area contributed by atoms with Crippen LogP contribution in [0.4, 0.5) is 5.69 Å². The number of hydrogen-bond acceptors (Lipinski definition) is 3. The lowest BCUT2D eigenvalue weighted by Crippen LogP contribution is -2.71. The van der Waals surface area contributed by atoms with Crippen LogP contribution in [0.2, 0.25) is 0 Å². The van der Waals surface area contributed by atoms with Gasteiger partial charge >= 0.3 is 5.97 Å². The number of carbonyl (C=O) groups excluding carboxylic acids is 1. The predicted octanol–water partition coefficient (Wildman–Crippen LogP) is 0.158. The topological polar surface area (TPSA) is 52.3 Å². The number of anilines is 1. The van der Waals surface area contributed by atoms with Crippen molar-refractivity contribution >= 4 is 17.5 Å². The van der Waals surface area contributed by atoms with Crippen molar-refractivity contribution in [3.63, 3.8) is 0 Å². The minimum absolute atomic E-state index is 0.318. The average molecular weight is 219 g/mol. The molecule has 0 amide bonds. The fourth-order valence-electron chi connectivity index (χ4n) is 1.74. The van der Waals surface area contributed by atoms with E-state index in [2.05, 4.69) is 10.3 Å². The van der Waals surface area contributed by atoms with Crippen LogP contribution in [-0.2, 0) is 4.74 Å². The normalized spacial score (nSPS) is 14.4. The van der Waals surface area contributed by atoms with E-state index in [1.807, 2.05) is 18.2 Å². The molecular formula is C12H15N2O2+. The van der Waals surface area contributed by atoms with Crippen molar-refractivity contribution in [2.45, 2.75) is 12.8 Å². The molecule has 1 aromatic carbocycles. The van der Waals surface area contributed by atoms with Crippen molar-refractivity contribution < 1.29 is 14.5 Å². The SMILES string of the molecule is COC(=O)c1ccccc1NC1=[NH+]CCC1. The van der Waals surface area contributed by atoms with E-state index in [0.29, 0.717) is 5.56 Å². The molecule has 0 bridgehead atoms. The Morgan fingerprint density at radius 3 is 2.94 bits per heavy atom. The Morgan fingerprint density at radius 1 is 1.44 bits per heavy atom. The number of benzene rings is 1. The van der Waals surface area contributed by atoms with E-state index in [1.165, 1.54) is 7.11 Å². The number of nitrogens with one attached hydrogen (secondary N) is 2. The number of hydrogen-bond donors (Lipinski definition) is 2. The Morgan fingerprint density at radius 2 is 2.25 bits per heavy atom. The first kappa shape index (κ1) is 10.7. The fraction of sp³-hybridized carbons (Fsp3) is 0.333. The molecule has 2 N–H and O–H groups in total. The van der Waals surface area contributed by atoms with E-state index in [1.54, 1.807) is 6.07 Å². The van der Waals surface area contributed by atoms with Gasteiger partial charge in [0.05, 0.1) is 20.1 Å². The highest BCUT2D eigenvalue weighted by atomic mass is 16.5. The van der Waals surface area contributed by atoms with E-state index in [4.69, 9.17) is 4.74 Å². The lowest BCUT2D eigenvalue weighted by atomic mass is 10.1. The lowest BCUT2D eigenvalue weighted by molar-refractivity contribution is -0.447. The third kappa shape index (κ3) is 2.21. The molecule has 0 saturated heterocycles. The molecule has 0 unspecified atom stereocenters. The average Bonchev–Trinajstić information content (AvgIpc) is 2.82. The monoisotopic (exact) mass is 219 g/mol. The van der Waals surface area contributed by atoms with Crippen molar-refractivity contribution in [3.8, 4) is 0 Å². The summed E-state index contributed by atoms with van der Waals surface area (Å²) in [4.78, 5) is 14.8. The maximum atomic E-state index is 11.5. The first-order valence-corrected chi connectivity index (χ1v) is 5.35. The zero-order chi connectivity index (χ0) is 11.4. The largest absolute Gasteiger partial charge is 0.465 e. The molecule has 0 radical (unpaired) electrons. The lowest BCUT2D eigenvalue weighted by Gasteiger charge is -2.04. The number of para-hydroxylation sites is 1. The van der Waals surface area contributed by atoms with Gasteiger partial charge in [0, 0.05) is 0 Å². The molecule has 0 saturated carbocycles. The van der Waals surface area contributed by atoms with E-state index < -0.39 is 0 Å². The van der Waals surface area contributed by atoms with Gasteiger partial charge < -0.3 is 4.74 Å². The summed E-state index contributed by atoms with van der Waals surface area (Å²) in [6.45, 7) is 0.989. The zero-order valence-corrected chi connectivity index (χ0v) is 9.25. The fourth-order valence-corrected chi connectivity index (χ4v) is 1.74. The maximum absolute atomic E-state index is 11.5.